The molecule has 6 nitrogen and oxygen atoms in total. The van der Waals surface area contributed by atoms with Crippen LogP contribution in [0.3, 0.4) is 0 Å². The number of carbonyl (C=O) groups is 3. The average Bonchev–Trinajstić information content (AvgIpc) is 3.33. The topological polar surface area (TPSA) is 78.9 Å². The van der Waals surface area contributed by atoms with Crippen LogP contribution in [0.1, 0.15) is 239 Å². The van der Waals surface area contributed by atoms with E-state index in [1.54, 1.807) is 0 Å². The SMILES string of the molecule is CC/C=C\C/C=C\C/C=C\C/C=C\CCCCC(=O)O[C@H](COC(=O)CCCCCC/C=C\C/C=C\C/C=C\CCCCC)COC(=O)CCCCCCCCC/C=C\C/C=C\CCCCC. The summed E-state index contributed by atoms with van der Waals surface area (Å²) in [6, 6.07) is 0. The largest absolute Gasteiger partial charge is 0.462 e. The Balaban J connectivity index is 4.51. The van der Waals surface area contributed by atoms with E-state index in [2.05, 4.69) is 130 Å². The first-order valence-electron chi connectivity index (χ1n) is 27.4. The number of ether oxygens (including phenoxy) is 3. The molecule has 0 unspecified atom stereocenters. The molecule has 0 aliphatic rings. The van der Waals surface area contributed by atoms with Crippen molar-refractivity contribution in [1.82, 2.24) is 0 Å². The molecular formula is C61H100O6. The summed E-state index contributed by atoms with van der Waals surface area (Å²) in [6.45, 7) is 6.40. The summed E-state index contributed by atoms with van der Waals surface area (Å²) < 4.78 is 16.8. The molecule has 0 radical (unpaired) electrons. The summed E-state index contributed by atoms with van der Waals surface area (Å²) in [5.74, 6) is -0.982. The van der Waals surface area contributed by atoms with E-state index in [1.165, 1.54) is 77.0 Å². The molecule has 0 rings (SSSR count). The van der Waals surface area contributed by atoms with E-state index in [0.29, 0.717) is 19.3 Å². The van der Waals surface area contributed by atoms with Gasteiger partial charge in [-0.3, -0.25) is 14.4 Å². The fourth-order valence-corrected chi connectivity index (χ4v) is 7.12. The second-order valence-corrected chi connectivity index (χ2v) is 17.7. The van der Waals surface area contributed by atoms with Gasteiger partial charge in [0.25, 0.3) is 0 Å². The summed E-state index contributed by atoms with van der Waals surface area (Å²) in [5, 5.41) is 0. The first-order chi connectivity index (χ1) is 33.0. The van der Waals surface area contributed by atoms with Gasteiger partial charge in [0.15, 0.2) is 6.10 Å². The van der Waals surface area contributed by atoms with Gasteiger partial charge in [0, 0.05) is 19.3 Å². The lowest BCUT2D eigenvalue weighted by molar-refractivity contribution is -0.167. The van der Waals surface area contributed by atoms with E-state index in [9.17, 15) is 14.4 Å². The second kappa shape index (κ2) is 54.7. The van der Waals surface area contributed by atoms with Crippen LogP contribution in [0.5, 0.6) is 0 Å². The molecule has 67 heavy (non-hydrogen) atoms. The summed E-state index contributed by atoms with van der Waals surface area (Å²) in [5.41, 5.74) is 0. The standard InChI is InChI=1S/C61H100O6/c1-4-7-10-13-16-19-22-25-28-30-33-35-38-41-44-47-50-53-59(62)65-56-58(67-61(64)55-52-49-46-43-40-37-32-27-24-21-18-15-12-9-6-3)57-66-60(63)54-51-48-45-42-39-36-34-31-29-26-23-20-17-14-11-8-5-2/h9,12,16-21,25-29,32-33,35,40,43,58H,4-8,10-11,13-15,22-24,30-31,34,36-39,41-42,44-57H2,1-3H3/b12-9-,19-16-,20-17-,21-18-,28-25-,29-26-,32-27-,35-33-,43-40-/t58-/m1/s1. The summed E-state index contributed by atoms with van der Waals surface area (Å²) >= 11 is 0. The van der Waals surface area contributed by atoms with E-state index in [0.717, 1.165) is 116 Å². The molecule has 0 amide bonds. The van der Waals surface area contributed by atoms with Crippen LogP contribution in [0.4, 0.5) is 0 Å². The number of hydrogen-bond acceptors (Lipinski definition) is 6. The Morgan fingerprint density at radius 3 is 0.940 bits per heavy atom. The number of rotatable bonds is 48. The highest BCUT2D eigenvalue weighted by atomic mass is 16.6. The van der Waals surface area contributed by atoms with E-state index in [4.69, 9.17) is 14.2 Å². The highest BCUT2D eigenvalue weighted by Gasteiger charge is 2.19. The van der Waals surface area contributed by atoms with Gasteiger partial charge in [0.2, 0.25) is 0 Å². The predicted octanol–water partition coefficient (Wildman–Crippen LogP) is 18.3. The van der Waals surface area contributed by atoms with Crippen LogP contribution in [0.2, 0.25) is 0 Å². The lowest BCUT2D eigenvalue weighted by Crippen LogP contribution is -2.30. The minimum absolute atomic E-state index is 0.108. The summed E-state index contributed by atoms with van der Waals surface area (Å²) in [6.07, 6.45) is 73.5. The fraction of sp³-hybridized carbons (Fsp3) is 0.656. The Bertz CT molecular complexity index is 1390. The maximum atomic E-state index is 12.8. The zero-order valence-corrected chi connectivity index (χ0v) is 43.4. The van der Waals surface area contributed by atoms with Crippen molar-refractivity contribution in [2.45, 2.75) is 245 Å². The van der Waals surface area contributed by atoms with Gasteiger partial charge < -0.3 is 14.2 Å². The smallest absolute Gasteiger partial charge is 0.306 e. The van der Waals surface area contributed by atoms with Crippen molar-refractivity contribution < 1.29 is 28.6 Å². The van der Waals surface area contributed by atoms with Crippen molar-refractivity contribution in [2.75, 3.05) is 13.2 Å². The Kier molecular flexibility index (Phi) is 51.5. The Hall–Kier alpha value is -3.93. The molecule has 6 heteroatoms. The van der Waals surface area contributed by atoms with E-state index in [-0.39, 0.29) is 37.5 Å². The fourth-order valence-electron chi connectivity index (χ4n) is 7.12. The van der Waals surface area contributed by atoms with Crippen molar-refractivity contribution in [3.8, 4) is 0 Å². The maximum absolute atomic E-state index is 12.8. The minimum atomic E-state index is -0.815. The van der Waals surface area contributed by atoms with Gasteiger partial charge >= 0.3 is 17.9 Å². The molecule has 0 bridgehead atoms. The molecule has 0 fully saturated rings. The van der Waals surface area contributed by atoms with Crippen molar-refractivity contribution in [3.63, 3.8) is 0 Å². The van der Waals surface area contributed by atoms with Crippen LogP contribution in [0.25, 0.3) is 0 Å². The third-order valence-corrected chi connectivity index (χ3v) is 11.2. The molecule has 0 aromatic heterocycles. The third-order valence-electron chi connectivity index (χ3n) is 11.2. The first-order valence-corrected chi connectivity index (χ1v) is 27.4. The quantitative estimate of drug-likeness (QED) is 0.0262. The zero-order chi connectivity index (χ0) is 48.6. The maximum Gasteiger partial charge on any atom is 0.306 e. The van der Waals surface area contributed by atoms with Crippen molar-refractivity contribution in [3.05, 3.63) is 109 Å². The lowest BCUT2D eigenvalue weighted by Gasteiger charge is -2.18. The van der Waals surface area contributed by atoms with Gasteiger partial charge in [-0.1, -0.05) is 201 Å². The van der Waals surface area contributed by atoms with Gasteiger partial charge in [-0.2, -0.15) is 0 Å². The van der Waals surface area contributed by atoms with Crippen molar-refractivity contribution in [2.24, 2.45) is 0 Å². The van der Waals surface area contributed by atoms with Gasteiger partial charge in [0.1, 0.15) is 13.2 Å². The molecule has 0 aromatic rings. The molecule has 0 saturated carbocycles. The second-order valence-electron chi connectivity index (χ2n) is 17.7. The summed E-state index contributed by atoms with van der Waals surface area (Å²) in [7, 11) is 0. The molecule has 0 heterocycles. The molecule has 0 saturated heterocycles. The molecule has 1 atom stereocenters. The normalized spacial score (nSPS) is 12.9. The van der Waals surface area contributed by atoms with Crippen LogP contribution >= 0.6 is 0 Å². The van der Waals surface area contributed by atoms with Crippen LogP contribution in [0.15, 0.2) is 109 Å². The van der Waals surface area contributed by atoms with Crippen LogP contribution in [0, 0.1) is 0 Å². The number of unbranched alkanes of at least 4 members (excludes halogenated alkanes) is 19. The minimum Gasteiger partial charge on any atom is -0.462 e. The molecule has 0 spiro atoms. The first kappa shape index (κ1) is 63.1. The van der Waals surface area contributed by atoms with Gasteiger partial charge in [-0.15, -0.1) is 0 Å². The highest BCUT2D eigenvalue weighted by Crippen LogP contribution is 2.13. The number of carbonyl (C=O) groups excluding carboxylic acids is 3. The predicted molar refractivity (Wildman–Crippen MR) is 288 cm³/mol. The van der Waals surface area contributed by atoms with Gasteiger partial charge in [0.05, 0.1) is 0 Å². The summed E-state index contributed by atoms with van der Waals surface area (Å²) in [4.78, 5) is 38.1. The molecule has 0 aliphatic carbocycles. The lowest BCUT2D eigenvalue weighted by atomic mass is 10.1. The highest BCUT2D eigenvalue weighted by molar-refractivity contribution is 5.71. The monoisotopic (exact) mass is 929 g/mol. The Labute approximate surface area is 412 Å². The number of hydrogen-bond donors (Lipinski definition) is 0. The number of allylic oxidation sites excluding steroid dienone is 18. The molecule has 380 valence electrons. The molecule has 0 N–H and O–H groups in total. The Morgan fingerprint density at radius 1 is 0.313 bits per heavy atom. The van der Waals surface area contributed by atoms with Crippen molar-refractivity contribution in [1.29, 1.82) is 0 Å². The molecule has 0 aliphatic heterocycles. The third kappa shape index (κ3) is 52.9. The van der Waals surface area contributed by atoms with Gasteiger partial charge in [-0.25, -0.2) is 0 Å². The van der Waals surface area contributed by atoms with E-state index in [1.807, 2.05) is 0 Å². The Morgan fingerprint density at radius 2 is 0.582 bits per heavy atom. The average molecular weight is 929 g/mol. The zero-order valence-electron chi connectivity index (χ0n) is 43.4. The van der Waals surface area contributed by atoms with Crippen LogP contribution in [-0.4, -0.2) is 37.2 Å². The van der Waals surface area contributed by atoms with Crippen LogP contribution in [-0.2, 0) is 28.6 Å². The number of esters is 3. The van der Waals surface area contributed by atoms with Gasteiger partial charge in [-0.05, 0) is 128 Å². The molecular weight excluding hydrogens is 829 g/mol. The van der Waals surface area contributed by atoms with Crippen molar-refractivity contribution >= 4 is 17.9 Å². The van der Waals surface area contributed by atoms with E-state index < -0.39 is 6.10 Å². The van der Waals surface area contributed by atoms with Crippen LogP contribution < -0.4 is 0 Å². The molecule has 0 aromatic carbocycles. The van der Waals surface area contributed by atoms with E-state index >= 15 is 0 Å².